The molecule has 6 nitrogen and oxygen atoms in total. The molecule has 8 heteroatoms. The molecule has 0 radical (unpaired) electrons. The van der Waals surface area contributed by atoms with Crippen LogP contribution >= 0.6 is 11.3 Å². The number of nitrogens with zero attached hydrogens (tertiary/aromatic N) is 2. The van der Waals surface area contributed by atoms with Gasteiger partial charge in [-0.3, -0.25) is 9.10 Å². The number of benzene rings is 1. The van der Waals surface area contributed by atoms with Gasteiger partial charge in [-0.2, -0.15) is 0 Å². The Bertz CT molecular complexity index is 1170. The number of anilines is 1. The maximum absolute atomic E-state index is 13.4. The molecule has 1 atom stereocenters. The zero-order valence-electron chi connectivity index (χ0n) is 17.2. The standard InChI is InChI=1S/C22H24N2O4S2/c1-15-11-18-12-17(7-9-21(18)24(15)30(3,26)27)22(25)23(13-19-5-4-10-28-19)14-20-8-6-16(2)29-20/h4-10,12,15H,11,13-14H2,1-3H3. The number of hydrogen-bond donors (Lipinski definition) is 0. The Hall–Kier alpha value is -2.58. The molecular formula is C22H24N2O4S2. The summed E-state index contributed by atoms with van der Waals surface area (Å²) in [6.07, 6.45) is 3.40. The third-order valence-electron chi connectivity index (χ3n) is 5.19. The van der Waals surface area contributed by atoms with Crippen molar-refractivity contribution in [2.75, 3.05) is 10.6 Å². The molecule has 2 aromatic heterocycles. The third-order valence-corrected chi connectivity index (χ3v) is 7.45. The summed E-state index contributed by atoms with van der Waals surface area (Å²) in [6, 6.07) is 12.9. The minimum absolute atomic E-state index is 0.106. The average Bonchev–Trinajstić information content (AvgIpc) is 3.39. The summed E-state index contributed by atoms with van der Waals surface area (Å²) in [5.41, 5.74) is 2.09. The van der Waals surface area contributed by atoms with Gasteiger partial charge in [0.2, 0.25) is 10.0 Å². The van der Waals surface area contributed by atoms with Crippen molar-refractivity contribution in [1.29, 1.82) is 0 Å². The molecule has 0 saturated heterocycles. The van der Waals surface area contributed by atoms with Crippen LogP contribution in [-0.2, 0) is 29.5 Å². The molecule has 0 aliphatic carbocycles. The summed E-state index contributed by atoms with van der Waals surface area (Å²) in [6.45, 7) is 4.78. The van der Waals surface area contributed by atoms with Gasteiger partial charge >= 0.3 is 0 Å². The average molecular weight is 445 g/mol. The Kier molecular flexibility index (Phi) is 5.46. The van der Waals surface area contributed by atoms with E-state index in [9.17, 15) is 13.2 Å². The van der Waals surface area contributed by atoms with Crippen LogP contribution in [0.2, 0.25) is 0 Å². The highest BCUT2D eigenvalue weighted by molar-refractivity contribution is 7.92. The van der Waals surface area contributed by atoms with E-state index in [2.05, 4.69) is 0 Å². The Morgan fingerprint density at radius 2 is 2.03 bits per heavy atom. The summed E-state index contributed by atoms with van der Waals surface area (Å²) < 4.78 is 31.2. The van der Waals surface area contributed by atoms with Crippen LogP contribution in [0.15, 0.2) is 53.1 Å². The summed E-state index contributed by atoms with van der Waals surface area (Å²) >= 11 is 1.67. The van der Waals surface area contributed by atoms with Crippen molar-refractivity contribution in [3.63, 3.8) is 0 Å². The van der Waals surface area contributed by atoms with Crippen LogP contribution in [0, 0.1) is 6.92 Å². The van der Waals surface area contributed by atoms with Gasteiger partial charge < -0.3 is 9.32 Å². The second-order valence-electron chi connectivity index (χ2n) is 7.71. The van der Waals surface area contributed by atoms with Crippen LogP contribution < -0.4 is 4.31 Å². The molecule has 158 valence electrons. The van der Waals surface area contributed by atoms with Crippen molar-refractivity contribution in [3.8, 4) is 0 Å². The van der Waals surface area contributed by atoms with E-state index in [0.717, 1.165) is 16.2 Å². The maximum atomic E-state index is 13.4. The molecule has 3 heterocycles. The number of fused-ring (bicyclic) bond motifs is 1. The smallest absolute Gasteiger partial charge is 0.254 e. The Morgan fingerprint density at radius 1 is 1.23 bits per heavy atom. The highest BCUT2D eigenvalue weighted by Crippen LogP contribution is 2.35. The Labute approximate surface area is 180 Å². The number of furan rings is 1. The topological polar surface area (TPSA) is 70.8 Å². The van der Waals surface area contributed by atoms with Gasteiger partial charge in [-0.1, -0.05) is 0 Å². The number of aryl methyl sites for hydroxylation is 1. The quantitative estimate of drug-likeness (QED) is 0.571. The van der Waals surface area contributed by atoms with Gasteiger partial charge in [-0.05, 0) is 68.3 Å². The lowest BCUT2D eigenvalue weighted by Gasteiger charge is -2.23. The van der Waals surface area contributed by atoms with Crippen molar-refractivity contribution in [1.82, 2.24) is 4.90 Å². The summed E-state index contributed by atoms with van der Waals surface area (Å²) in [5.74, 6) is 0.611. The lowest BCUT2D eigenvalue weighted by atomic mass is 10.1. The molecule has 0 spiro atoms. The van der Waals surface area contributed by atoms with Crippen molar-refractivity contribution >= 4 is 33.0 Å². The highest BCUT2D eigenvalue weighted by atomic mass is 32.2. The third kappa shape index (κ3) is 4.15. The van der Waals surface area contributed by atoms with E-state index < -0.39 is 10.0 Å². The number of carbonyl (C=O) groups is 1. The van der Waals surface area contributed by atoms with Gasteiger partial charge in [0.25, 0.3) is 5.91 Å². The van der Waals surface area contributed by atoms with E-state index in [1.54, 1.807) is 34.6 Å². The van der Waals surface area contributed by atoms with Crippen LogP contribution in [0.1, 0.15) is 38.4 Å². The largest absolute Gasteiger partial charge is 0.467 e. The second kappa shape index (κ2) is 7.92. The van der Waals surface area contributed by atoms with Gasteiger partial charge in [0.15, 0.2) is 0 Å². The van der Waals surface area contributed by atoms with E-state index in [1.165, 1.54) is 15.4 Å². The molecule has 0 N–H and O–H groups in total. The zero-order valence-corrected chi connectivity index (χ0v) is 18.8. The molecule has 0 saturated carbocycles. The van der Waals surface area contributed by atoms with Crippen molar-refractivity contribution in [2.45, 2.75) is 39.4 Å². The monoisotopic (exact) mass is 444 g/mol. The first-order chi connectivity index (χ1) is 14.2. The van der Waals surface area contributed by atoms with E-state index in [4.69, 9.17) is 4.42 Å². The van der Waals surface area contributed by atoms with Gasteiger partial charge in [0.1, 0.15) is 5.76 Å². The van der Waals surface area contributed by atoms with Crippen molar-refractivity contribution in [2.24, 2.45) is 0 Å². The van der Waals surface area contributed by atoms with Crippen molar-refractivity contribution < 1.29 is 17.6 Å². The number of carbonyl (C=O) groups excluding carboxylic acids is 1. The molecule has 0 fully saturated rings. The summed E-state index contributed by atoms with van der Waals surface area (Å²) in [4.78, 5) is 17.5. The number of sulfonamides is 1. The second-order valence-corrected chi connectivity index (χ2v) is 10.9. The van der Waals surface area contributed by atoms with Crippen LogP contribution in [0.3, 0.4) is 0 Å². The molecule has 1 aliphatic rings. The Balaban J connectivity index is 1.64. The fraction of sp³-hybridized carbons (Fsp3) is 0.318. The van der Waals surface area contributed by atoms with E-state index in [-0.39, 0.29) is 11.9 Å². The summed E-state index contributed by atoms with van der Waals surface area (Å²) in [5, 5.41) is 0. The van der Waals surface area contributed by atoms with Gasteiger partial charge in [0, 0.05) is 21.4 Å². The fourth-order valence-electron chi connectivity index (χ4n) is 3.97. The highest BCUT2D eigenvalue weighted by Gasteiger charge is 2.33. The van der Waals surface area contributed by atoms with Crippen LogP contribution in [-0.4, -0.2) is 31.5 Å². The lowest BCUT2D eigenvalue weighted by molar-refractivity contribution is 0.0719. The van der Waals surface area contributed by atoms with E-state index >= 15 is 0 Å². The number of rotatable bonds is 6. The predicted octanol–water partition coefficient (Wildman–Crippen LogP) is 4.20. The zero-order chi connectivity index (χ0) is 21.5. The van der Waals surface area contributed by atoms with Gasteiger partial charge in [0.05, 0.1) is 31.3 Å². The molecule has 30 heavy (non-hydrogen) atoms. The first-order valence-electron chi connectivity index (χ1n) is 9.71. The maximum Gasteiger partial charge on any atom is 0.254 e. The number of thiophene rings is 1. The molecule has 0 bridgehead atoms. The normalized spacial score (nSPS) is 16.0. The first-order valence-corrected chi connectivity index (χ1v) is 12.4. The first kappa shape index (κ1) is 20.7. The minimum Gasteiger partial charge on any atom is -0.467 e. The number of hydrogen-bond acceptors (Lipinski definition) is 5. The van der Waals surface area contributed by atoms with Gasteiger partial charge in [-0.15, -0.1) is 11.3 Å². The molecule has 1 aliphatic heterocycles. The molecule has 1 unspecified atom stereocenters. The van der Waals surface area contributed by atoms with E-state index in [1.807, 2.05) is 44.2 Å². The van der Waals surface area contributed by atoms with Crippen molar-refractivity contribution in [3.05, 3.63) is 75.4 Å². The predicted molar refractivity (Wildman–Crippen MR) is 118 cm³/mol. The fourth-order valence-corrected chi connectivity index (χ4v) is 6.14. The van der Waals surface area contributed by atoms with Crippen LogP contribution in [0.25, 0.3) is 0 Å². The lowest BCUT2D eigenvalue weighted by Crippen LogP contribution is -2.34. The molecule has 1 amide bonds. The van der Waals surface area contributed by atoms with Crippen LogP contribution in [0.5, 0.6) is 0 Å². The molecular weight excluding hydrogens is 420 g/mol. The molecule has 3 aromatic rings. The molecule has 1 aromatic carbocycles. The molecule has 4 rings (SSSR count). The number of amides is 1. The SMILES string of the molecule is Cc1ccc(CN(Cc2ccco2)C(=O)c2ccc3c(c2)CC(C)N3S(C)(=O)=O)s1. The Morgan fingerprint density at radius 3 is 2.67 bits per heavy atom. The summed E-state index contributed by atoms with van der Waals surface area (Å²) in [7, 11) is -3.36. The van der Waals surface area contributed by atoms with Gasteiger partial charge in [-0.25, -0.2) is 8.42 Å². The van der Waals surface area contributed by atoms with E-state index in [0.29, 0.717) is 30.8 Å². The minimum atomic E-state index is -3.36. The van der Waals surface area contributed by atoms with Crippen LogP contribution in [0.4, 0.5) is 5.69 Å².